The maximum atomic E-state index is 5.74. The summed E-state index contributed by atoms with van der Waals surface area (Å²) >= 11 is 3.40. The monoisotopic (exact) mass is 386 g/mol. The van der Waals surface area contributed by atoms with Crippen LogP contribution in [0.3, 0.4) is 0 Å². The lowest BCUT2D eigenvalue weighted by molar-refractivity contribution is 0.171. The predicted octanol–water partition coefficient (Wildman–Crippen LogP) is 5.13. The molecule has 0 spiro atoms. The van der Waals surface area contributed by atoms with Crippen LogP contribution in [-0.2, 0) is 6.54 Å². The molecule has 0 saturated carbocycles. The van der Waals surface area contributed by atoms with Crippen LogP contribution in [0.25, 0.3) is 10.6 Å². The number of thiophene rings is 1. The second-order valence-electron chi connectivity index (χ2n) is 6.66. The normalized spacial score (nSPS) is 14.6. The van der Waals surface area contributed by atoms with Gasteiger partial charge in [-0.3, -0.25) is 0 Å². The standard InChI is InChI=1S/C20H22N2O2S2/c1-13(2)19(14-3-4-17-18(9-14)24-7-6-23-17)21-10-16-12-26-20(22-16)15-5-8-25-11-15/h3-5,8-9,11-13,19,21H,6-7,10H2,1-2H3. The van der Waals surface area contributed by atoms with Crippen LogP contribution in [0.1, 0.15) is 31.1 Å². The molecule has 0 bridgehead atoms. The molecule has 4 nitrogen and oxygen atoms in total. The molecule has 0 radical (unpaired) electrons. The van der Waals surface area contributed by atoms with E-state index in [1.54, 1.807) is 22.7 Å². The number of hydrogen-bond acceptors (Lipinski definition) is 6. The van der Waals surface area contributed by atoms with Gasteiger partial charge in [0.15, 0.2) is 11.5 Å². The molecule has 3 aromatic rings. The maximum absolute atomic E-state index is 5.74. The van der Waals surface area contributed by atoms with Crippen LogP contribution in [0.5, 0.6) is 11.5 Å². The highest BCUT2D eigenvalue weighted by Crippen LogP contribution is 2.34. The van der Waals surface area contributed by atoms with E-state index in [0.717, 1.165) is 28.7 Å². The molecule has 1 atom stereocenters. The number of rotatable bonds is 6. The summed E-state index contributed by atoms with van der Waals surface area (Å²) in [5.74, 6) is 2.13. The topological polar surface area (TPSA) is 43.4 Å². The van der Waals surface area contributed by atoms with Crippen molar-refractivity contribution >= 4 is 22.7 Å². The molecule has 1 N–H and O–H groups in total. The van der Waals surface area contributed by atoms with E-state index < -0.39 is 0 Å². The number of aromatic nitrogens is 1. The number of benzene rings is 1. The Morgan fingerprint density at radius 3 is 2.73 bits per heavy atom. The molecule has 1 unspecified atom stereocenters. The molecule has 0 amide bonds. The Kier molecular flexibility index (Phi) is 5.24. The molecule has 1 aromatic carbocycles. The first-order valence-corrected chi connectivity index (χ1v) is 10.6. The molecule has 0 aliphatic carbocycles. The summed E-state index contributed by atoms with van der Waals surface area (Å²) in [6.45, 7) is 6.44. The molecule has 6 heteroatoms. The van der Waals surface area contributed by atoms with Crippen LogP contribution < -0.4 is 14.8 Å². The van der Waals surface area contributed by atoms with Crippen molar-refractivity contribution in [1.29, 1.82) is 0 Å². The number of hydrogen-bond donors (Lipinski definition) is 1. The number of ether oxygens (including phenoxy) is 2. The molecule has 4 rings (SSSR count). The first kappa shape index (κ1) is 17.5. The first-order valence-electron chi connectivity index (χ1n) is 8.80. The summed E-state index contributed by atoms with van der Waals surface area (Å²) in [6.07, 6.45) is 0. The van der Waals surface area contributed by atoms with E-state index >= 15 is 0 Å². The Morgan fingerprint density at radius 2 is 1.96 bits per heavy atom. The van der Waals surface area contributed by atoms with Crippen LogP contribution in [0.4, 0.5) is 0 Å². The van der Waals surface area contributed by atoms with Crippen molar-refractivity contribution in [3.8, 4) is 22.1 Å². The summed E-state index contributed by atoms with van der Waals surface area (Å²) in [6, 6.07) is 8.59. The van der Waals surface area contributed by atoms with E-state index in [1.807, 2.05) is 6.07 Å². The summed E-state index contributed by atoms with van der Waals surface area (Å²) in [5.41, 5.74) is 3.51. The predicted molar refractivity (Wildman–Crippen MR) is 107 cm³/mol. The molecule has 26 heavy (non-hydrogen) atoms. The maximum Gasteiger partial charge on any atom is 0.161 e. The van der Waals surface area contributed by atoms with E-state index in [0.29, 0.717) is 19.1 Å². The Balaban J connectivity index is 1.48. The van der Waals surface area contributed by atoms with Gasteiger partial charge in [0.25, 0.3) is 0 Å². The van der Waals surface area contributed by atoms with Gasteiger partial charge < -0.3 is 14.8 Å². The molecule has 3 heterocycles. The van der Waals surface area contributed by atoms with Crippen molar-refractivity contribution in [2.75, 3.05) is 13.2 Å². The second-order valence-corrected chi connectivity index (χ2v) is 8.30. The Morgan fingerprint density at radius 1 is 1.12 bits per heavy atom. The summed E-state index contributed by atoms with van der Waals surface area (Å²) in [5, 5.41) is 11.1. The average molecular weight is 387 g/mol. The van der Waals surface area contributed by atoms with Gasteiger partial charge in [-0.2, -0.15) is 11.3 Å². The highest BCUT2D eigenvalue weighted by Gasteiger charge is 2.20. The molecular weight excluding hydrogens is 364 g/mol. The SMILES string of the molecule is CC(C)C(NCc1csc(-c2ccsc2)n1)c1ccc2c(c1)OCCO2. The highest BCUT2D eigenvalue weighted by molar-refractivity contribution is 7.14. The summed E-state index contributed by atoms with van der Waals surface area (Å²) in [4.78, 5) is 4.77. The number of fused-ring (bicyclic) bond motifs is 1. The van der Waals surface area contributed by atoms with Crippen molar-refractivity contribution in [3.63, 3.8) is 0 Å². The van der Waals surface area contributed by atoms with Crippen molar-refractivity contribution < 1.29 is 9.47 Å². The number of thiazole rings is 1. The zero-order valence-electron chi connectivity index (χ0n) is 14.9. The molecule has 1 aliphatic heterocycles. The van der Waals surface area contributed by atoms with Crippen LogP contribution >= 0.6 is 22.7 Å². The second kappa shape index (κ2) is 7.78. The molecule has 136 valence electrons. The van der Waals surface area contributed by atoms with E-state index in [9.17, 15) is 0 Å². The van der Waals surface area contributed by atoms with Gasteiger partial charge >= 0.3 is 0 Å². The third-order valence-electron chi connectivity index (χ3n) is 4.41. The third kappa shape index (κ3) is 3.77. The van der Waals surface area contributed by atoms with Crippen LogP contribution in [0.2, 0.25) is 0 Å². The van der Waals surface area contributed by atoms with Crippen LogP contribution in [0, 0.1) is 5.92 Å². The molecular formula is C20H22N2O2S2. The van der Waals surface area contributed by atoms with Crippen molar-refractivity contribution in [2.24, 2.45) is 5.92 Å². The Bertz CT molecular complexity index is 859. The fourth-order valence-corrected chi connectivity index (χ4v) is 4.65. The Hall–Kier alpha value is -1.89. The summed E-state index contributed by atoms with van der Waals surface area (Å²) in [7, 11) is 0. The zero-order valence-corrected chi connectivity index (χ0v) is 16.5. The largest absolute Gasteiger partial charge is 0.486 e. The van der Waals surface area contributed by atoms with E-state index in [-0.39, 0.29) is 6.04 Å². The van der Waals surface area contributed by atoms with E-state index in [2.05, 4.69) is 53.5 Å². The molecule has 0 saturated heterocycles. The minimum absolute atomic E-state index is 0.233. The summed E-state index contributed by atoms with van der Waals surface area (Å²) < 4.78 is 11.4. The fourth-order valence-electron chi connectivity index (χ4n) is 3.11. The van der Waals surface area contributed by atoms with Gasteiger partial charge in [0.05, 0.1) is 5.69 Å². The van der Waals surface area contributed by atoms with Crippen molar-refractivity contribution in [2.45, 2.75) is 26.4 Å². The molecule has 2 aromatic heterocycles. The quantitative estimate of drug-likeness (QED) is 0.638. The lowest BCUT2D eigenvalue weighted by Crippen LogP contribution is -2.26. The third-order valence-corrected chi connectivity index (χ3v) is 6.04. The molecule has 0 fully saturated rings. The van der Waals surface area contributed by atoms with Crippen molar-refractivity contribution in [1.82, 2.24) is 10.3 Å². The van der Waals surface area contributed by atoms with Gasteiger partial charge in [0.1, 0.15) is 18.2 Å². The van der Waals surface area contributed by atoms with Crippen LogP contribution in [0.15, 0.2) is 40.4 Å². The van der Waals surface area contributed by atoms with E-state index in [4.69, 9.17) is 14.5 Å². The van der Waals surface area contributed by atoms with Gasteiger partial charge in [-0.1, -0.05) is 19.9 Å². The van der Waals surface area contributed by atoms with Gasteiger partial charge in [-0.05, 0) is 35.1 Å². The van der Waals surface area contributed by atoms with Crippen molar-refractivity contribution in [3.05, 3.63) is 51.7 Å². The van der Waals surface area contributed by atoms with Crippen LogP contribution in [-0.4, -0.2) is 18.2 Å². The zero-order chi connectivity index (χ0) is 17.9. The smallest absolute Gasteiger partial charge is 0.161 e. The number of nitrogens with zero attached hydrogens (tertiary/aromatic N) is 1. The molecule has 1 aliphatic rings. The minimum Gasteiger partial charge on any atom is -0.486 e. The highest BCUT2D eigenvalue weighted by atomic mass is 32.1. The van der Waals surface area contributed by atoms with E-state index in [1.165, 1.54) is 11.1 Å². The number of nitrogens with one attached hydrogen (secondary N) is 1. The average Bonchev–Trinajstić information content (AvgIpc) is 3.33. The van der Waals surface area contributed by atoms with Gasteiger partial charge in [-0.15, -0.1) is 11.3 Å². The lowest BCUT2D eigenvalue weighted by Gasteiger charge is -2.25. The van der Waals surface area contributed by atoms with Gasteiger partial charge in [0.2, 0.25) is 0 Å². The first-order chi connectivity index (χ1) is 12.7. The Labute approximate surface area is 161 Å². The fraction of sp³-hybridized carbons (Fsp3) is 0.350. The van der Waals surface area contributed by atoms with Gasteiger partial charge in [0, 0.05) is 28.9 Å². The minimum atomic E-state index is 0.233. The van der Waals surface area contributed by atoms with Gasteiger partial charge in [-0.25, -0.2) is 4.98 Å². The lowest BCUT2D eigenvalue weighted by atomic mass is 9.95.